The van der Waals surface area contributed by atoms with E-state index in [9.17, 15) is 21.4 Å². The van der Waals surface area contributed by atoms with Gasteiger partial charge in [0.25, 0.3) is 0 Å². The summed E-state index contributed by atoms with van der Waals surface area (Å²) in [6, 6.07) is 17.7. The third-order valence-electron chi connectivity index (χ3n) is 8.48. The molecule has 0 radical (unpaired) electrons. The van der Waals surface area contributed by atoms with Crippen LogP contribution in [0.3, 0.4) is 0 Å². The van der Waals surface area contributed by atoms with Crippen molar-refractivity contribution in [2.24, 2.45) is 0 Å². The number of hydrogen-bond acceptors (Lipinski definition) is 6. The Hall–Kier alpha value is -2.94. The van der Waals surface area contributed by atoms with Crippen LogP contribution in [-0.2, 0) is 20.2 Å². The Labute approximate surface area is 229 Å². The Morgan fingerprint density at radius 2 is 1.31 bits per heavy atom. The molecule has 2 aliphatic rings. The van der Waals surface area contributed by atoms with E-state index in [4.69, 9.17) is 4.18 Å². The zero-order chi connectivity index (χ0) is 27.4. The van der Waals surface area contributed by atoms with Gasteiger partial charge in [-0.15, -0.1) is 0 Å². The van der Waals surface area contributed by atoms with E-state index in [0.29, 0.717) is 0 Å². The second-order valence-corrected chi connectivity index (χ2v) is 13.8. The van der Waals surface area contributed by atoms with E-state index in [1.807, 2.05) is 24.3 Å². The van der Waals surface area contributed by atoms with Crippen molar-refractivity contribution in [3.8, 4) is 5.75 Å². The van der Waals surface area contributed by atoms with Crippen LogP contribution in [0.2, 0.25) is 0 Å². The molecule has 0 aliphatic heterocycles. The quantitative estimate of drug-likeness (QED) is 0.180. The lowest BCUT2D eigenvalue weighted by Gasteiger charge is -2.25. The predicted octanol–water partition coefficient (Wildman–Crippen LogP) is 7.29. The average Bonchev–Trinajstić information content (AvgIpc) is 3.63. The fraction of sp³-hybridized carbons (Fsp3) is 0.355. The lowest BCUT2D eigenvalue weighted by molar-refractivity contribution is 0.464. The summed E-state index contributed by atoms with van der Waals surface area (Å²) < 4.78 is 71.0. The minimum absolute atomic E-state index is 0.0564. The smallest absolute Gasteiger partial charge is 0.339 e. The van der Waals surface area contributed by atoms with E-state index in [0.717, 1.165) is 73.3 Å². The molecule has 0 atom stereocenters. The van der Waals surface area contributed by atoms with Crippen LogP contribution in [0.15, 0.2) is 70.5 Å². The minimum atomic E-state index is -4.78. The molecule has 0 amide bonds. The minimum Gasteiger partial charge on any atom is -0.744 e. The van der Waals surface area contributed by atoms with Crippen LogP contribution in [-0.4, -0.2) is 21.4 Å². The van der Waals surface area contributed by atoms with Crippen LogP contribution in [0, 0.1) is 6.92 Å². The Morgan fingerprint density at radius 3 is 1.95 bits per heavy atom. The van der Waals surface area contributed by atoms with Gasteiger partial charge in [-0.1, -0.05) is 74.2 Å². The van der Waals surface area contributed by atoms with Crippen LogP contribution in [0.5, 0.6) is 5.75 Å². The van der Waals surface area contributed by atoms with Crippen LogP contribution in [0.25, 0.3) is 21.5 Å². The first-order valence-electron chi connectivity index (χ1n) is 13.6. The van der Waals surface area contributed by atoms with Gasteiger partial charge in [0.15, 0.2) is 5.75 Å². The van der Waals surface area contributed by atoms with E-state index in [1.165, 1.54) is 12.1 Å². The van der Waals surface area contributed by atoms with Crippen molar-refractivity contribution in [3.63, 3.8) is 0 Å². The molecule has 0 spiro atoms. The Bertz CT molecular complexity index is 1800. The molecular formula is C31H31O6S2-. The maximum Gasteiger partial charge on any atom is 0.339 e. The third kappa shape index (κ3) is 4.72. The summed E-state index contributed by atoms with van der Waals surface area (Å²) in [7, 11) is -9.11. The van der Waals surface area contributed by atoms with E-state index >= 15 is 0 Å². The SMILES string of the molecule is Cc1cc(S(=O)(=O)[O-])c2ccccc2c1OS(=O)(=O)c1c(C2CCCC2)cc2ccccc2c1C1CCCC1. The van der Waals surface area contributed by atoms with Gasteiger partial charge < -0.3 is 8.74 Å². The van der Waals surface area contributed by atoms with Crippen LogP contribution >= 0.6 is 0 Å². The highest BCUT2D eigenvalue weighted by Gasteiger charge is 2.35. The predicted molar refractivity (Wildman–Crippen MR) is 151 cm³/mol. The summed E-state index contributed by atoms with van der Waals surface area (Å²) in [6.07, 6.45) is 7.96. The van der Waals surface area contributed by atoms with Gasteiger partial charge in [0.2, 0.25) is 0 Å². The molecule has 6 nitrogen and oxygen atoms in total. The van der Waals surface area contributed by atoms with Gasteiger partial charge in [0, 0.05) is 10.8 Å². The standard InChI is InChI=1S/C31H32O6S2/c1-20-18-28(38(32,33)34)25-16-8-9-17-26(25)30(20)37-39(35,36)31-27(21-10-2-3-11-21)19-23-14-6-7-15-24(23)29(31)22-12-4-5-13-22/h6-9,14-19,21-22H,2-5,10-13H2,1H3,(H,32,33,34)/p-1. The van der Waals surface area contributed by atoms with Crippen molar-refractivity contribution in [3.05, 3.63) is 77.4 Å². The van der Waals surface area contributed by atoms with Crippen LogP contribution < -0.4 is 4.18 Å². The maximum atomic E-state index is 14.5. The van der Waals surface area contributed by atoms with Crippen molar-refractivity contribution in [2.45, 2.75) is 79.9 Å². The molecule has 0 saturated heterocycles. The fourth-order valence-electron chi connectivity index (χ4n) is 6.74. The lowest BCUT2D eigenvalue weighted by atomic mass is 9.86. The summed E-state index contributed by atoms with van der Waals surface area (Å²) >= 11 is 0. The van der Waals surface area contributed by atoms with E-state index in [2.05, 4.69) is 6.07 Å². The second-order valence-electron chi connectivity index (χ2n) is 11.0. The zero-order valence-electron chi connectivity index (χ0n) is 21.9. The van der Waals surface area contributed by atoms with Crippen molar-refractivity contribution < 1.29 is 25.6 Å². The number of fused-ring (bicyclic) bond motifs is 2. The van der Waals surface area contributed by atoms with Gasteiger partial charge in [-0.2, -0.15) is 8.42 Å². The van der Waals surface area contributed by atoms with Crippen molar-refractivity contribution in [2.75, 3.05) is 0 Å². The van der Waals surface area contributed by atoms with E-state index in [-0.39, 0.29) is 43.7 Å². The molecular weight excluding hydrogens is 532 g/mol. The monoisotopic (exact) mass is 563 g/mol. The molecule has 0 aromatic heterocycles. The van der Waals surface area contributed by atoms with Gasteiger partial charge >= 0.3 is 10.1 Å². The lowest BCUT2D eigenvalue weighted by Crippen LogP contribution is -2.18. The molecule has 39 heavy (non-hydrogen) atoms. The molecule has 2 saturated carbocycles. The maximum absolute atomic E-state index is 14.5. The van der Waals surface area contributed by atoms with Crippen molar-refractivity contribution >= 4 is 41.8 Å². The topological polar surface area (TPSA) is 101 Å². The van der Waals surface area contributed by atoms with E-state index in [1.54, 1.807) is 25.1 Å². The zero-order valence-corrected chi connectivity index (χ0v) is 23.5. The van der Waals surface area contributed by atoms with Crippen molar-refractivity contribution in [1.82, 2.24) is 0 Å². The summed E-state index contributed by atoms with van der Waals surface area (Å²) in [5.74, 6) is 0.310. The van der Waals surface area contributed by atoms with Gasteiger partial charge in [-0.3, -0.25) is 0 Å². The Kier molecular flexibility index (Phi) is 6.68. The molecule has 2 aliphatic carbocycles. The number of aryl methyl sites for hydroxylation is 1. The fourth-order valence-corrected chi connectivity index (χ4v) is 9.09. The van der Waals surface area contributed by atoms with Crippen LogP contribution in [0.4, 0.5) is 0 Å². The third-order valence-corrected chi connectivity index (χ3v) is 10.7. The number of benzene rings is 4. The summed E-state index contributed by atoms with van der Waals surface area (Å²) in [5.41, 5.74) is 1.96. The molecule has 204 valence electrons. The molecule has 0 unspecified atom stereocenters. The average molecular weight is 564 g/mol. The molecule has 2 fully saturated rings. The highest BCUT2D eigenvalue weighted by molar-refractivity contribution is 7.87. The molecule has 8 heteroatoms. The molecule has 0 bridgehead atoms. The summed E-state index contributed by atoms with van der Waals surface area (Å²) in [4.78, 5) is -0.103. The first-order chi connectivity index (χ1) is 18.6. The molecule has 4 aromatic rings. The van der Waals surface area contributed by atoms with E-state index < -0.39 is 20.2 Å². The van der Waals surface area contributed by atoms with Crippen molar-refractivity contribution in [1.29, 1.82) is 0 Å². The first-order valence-corrected chi connectivity index (χ1v) is 16.4. The van der Waals surface area contributed by atoms with Gasteiger partial charge in [0.1, 0.15) is 15.0 Å². The molecule has 0 heterocycles. The Morgan fingerprint density at radius 1 is 0.744 bits per heavy atom. The molecule has 4 aromatic carbocycles. The largest absolute Gasteiger partial charge is 0.744 e. The normalized spacial score (nSPS) is 17.4. The highest BCUT2D eigenvalue weighted by atomic mass is 32.2. The van der Waals surface area contributed by atoms with Gasteiger partial charge in [-0.05, 0) is 84.0 Å². The summed E-state index contributed by atoms with van der Waals surface area (Å²) in [6.45, 7) is 1.57. The van der Waals surface area contributed by atoms with Gasteiger partial charge in [-0.25, -0.2) is 8.42 Å². The molecule has 0 N–H and O–H groups in total. The highest BCUT2D eigenvalue weighted by Crippen LogP contribution is 2.48. The Balaban J connectivity index is 1.61. The second kappa shape index (κ2) is 9.91. The van der Waals surface area contributed by atoms with Gasteiger partial charge in [0.05, 0.1) is 4.90 Å². The number of hydrogen-bond donors (Lipinski definition) is 0. The number of rotatable bonds is 6. The summed E-state index contributed by atoms with van der Waals surface area (Å²) in [5, 5.41) is 2.42. The van der Waals surface area contributed by atoms with Crippen LogP contribution in [0.1, 0.15) is 79.9 Å². The first kappa shape index (κ1) is 26.3. The molecule has 6 rings (SSSR count).